The van der Waals surface area contributed by atoms with E-state index in [9.17, 15) is 4.39 Å². The number of pyridine rings is 1. The Morgan fingerprint density at radius 1 is 1.23 bits per heavy atom. The SMILES string of the molecule is CCNC(=NCc1cccc(OC)n1)NCC(C)Oc1cccc(F)c1. The lowest BCUT2D eigenvalue weighted by molar-refractivity contribution is 0.223. The number of ether oxygens (including phenoxy) is 2. The number of hydrogen-bond donors (Lipinski definition) is 2. The molecule has 2 aromatic rings. The molecule has 7 heteroatoms. The molecule has 1 aromatic heterocycles. The van der Waals surface area contributed by atoms with Crippen LogP contribution in [-0.2, 0) is 6.54 Å². The Bertz CT molecular complexity index is 724. The van der Waals surface area contributed by atoms with Gasteiger partial charge in [0.2, 0.25) is 5.88 Å². The summed E-state index contributed by atoms with van der Waals surface area (Å²) >= 11 is 0. The van der Waals surface area contributed by atoms with Gasteiger partial charge in [0.1, 0.15) is 17.7 Å². The van der Waals surface area contributed by atoms with E-state index in [0.29, 0.717) is 30.7 Å². The van der Waals surface area contributed by atoms with E-state index >= 15 is 0 Å². The zero-order valence-corrected chi connectivity index (χ0v) is 15.3. The van der Waals surface area contributed by atoms with Crippen LogP contribution >= 0.6 is 0 Å². The number of benzene rings is 1. The van der Waals surface area contributed by atoms with Gasteiger partial charge in [0.05, 0.1) is 25.9 Å². The minimum absolute atomic E-state index is 0.157. The summed E-state index contributed by atoms with van der Waals surface area (Å²) in [5.41, 5.74) is 0.811. The van der Waals surface area contributed by atoms with E-state index in [1.165, 1.54) is 12.1 Å². The Hall–Kier alpha value is -2.83. The van der Waals surface area contributed by atoms with Crippen molar-refractivity contribution in [3.8, 4) is 11.6 Å². The number of aromatic nitrogens is 1. The van der Waals surface area contributed by atoms with Crippen LogP contribution in [0.1, 0.15) is 19.5 Å². The average molecular weight is 360 g/mol. The van der Waals surface area contributed by atoms with Crippen LogP contribution in [0.4, 0.5) is 4.39 Å². The molecule has 0 saturated carbocycles. The van der Waals surface area contributed by atoms with Crippen LogP contribution in [0.3, 0.4) is 0 Å². The molecule has 6 nitrogen and oxygen atoms in total. The van der Waals surface area contributed by atoms with Gasteiger partial charge in [-0.15, -0.1) is 0 Å². The van der Waals surface area contributed by atoms with Gasteiger partial charge in [-0.3, -0.25) is 0 Å². The summed E-state index contributed by atoms with van der Waals surface area (Å²) in [6.07, 6.45) is -0.157. The van der Waals surface area contributed by atoms with Crippen molar-refractivity contribution in [3.63, 3.8) is 0 Å². The molecule has 1 unspecified atom stereocenters. The van der Waals surface area contributed by atoms with Crippen molar-refractivity contribution in [3.05, 3.63) is 54.0 Å². The Kier molecular flexibility index (Phi) is 7.67. The monoisotopic (exact) mass is 360 g/mol. The quantitative estimate of drug-likeness (QED) is 0.560. The zero-order chi connectivity index (χ0) is 18.8. The largest absolute Gasteiger partial charge is 0.489 e. The van der Waals surface area contributed by atoms with Crippen molar-refractivity contribution in [2.45, 2.75) is 26.5 Å². The Morgan fingerprint density at radius 3 is 2.77 bits per heavy atom. The first-order chi connectivity index (χ1) is 12.6. The summed E-state index contributed by atoms with van der Waals surface area (Å²) in [6, 6.07) is 11.7. The number of guanidine groups is 1. The summed E-state index contributed by atoms with van der Waals surface area (Å²) in [5, 5.41) is 6.39. The van der Waals surface area contributed by atoms with E-state index in [1.807, 2.05) is 26.0 Å². The predicted molar refractivity (Wildman–Crippen MR) is 100 cm³/mol. The lowest BCUT2D eigenvalue weighted by atomic mass is 10.3. The van der Waals surface area contributed by atoms with Crippen LogP contribution in [0.25, 0.3) is 0 Å². The second kappa shape index (κ2) is 10.2. The van der Waals surface area contributed by atoms with Gasteiger partial charge in [-0.2, -0.15) is 0 Å². The topological polar surface area (TPSA) is 67.8 Å². The van der Waals surface area contributed by atoms with Gasteiger partial charge in [0, 0.05) is 18.7 Å². The van der Waals surface area contributed by atoms with Crippen molar-refractivity contribution in [2.24, 2.45) is 4.99 Å². The molecule has 1 aromatic carbocycles. The molecule has 2 N–H and O–H groups in total. The third-order valence-electron chi connectivity index (χ3n) is 3.42. The molecule has 0 saturated heterocycles. The van der Waals surface area contributed by atoms with Gasteiger partial charge in [0.15, 0.2) is 5.96 Å². The third kappa shape index (κ3) is 6.58. The molecule has 140 valence electrons. The van der Waals surface area contributed by atoms with Crippen LogP contribution in [0.15, 0.2) is 47.5 Å². The number of rotatable bonds is 8. The lowest BCUT2D eigenvalue weighted by Gasteiger charge is -2.17. The fraction of sp³-hybridized carbons (Fsp3) is 0.368. The minimum atomic E-state index is -0.316. The van der Waals surface area contributed by atoms with E-state index < -0.39 is 0 Å². The molecule has 0 aliphatic rings. The highest BCUT2D eigenvalue weighted by atomic mass is 19.1. The number of nitrogens with zero attached hydrogens (tertiary/aromatic N) is 2. The van der Waals surface area contributed by atoms with Gasteiger partial charge in [0.25, 0.3) is 0 Å². The lowest BCUT2D eigenvalue weighted by Crippen LogP contribution is -2.41. The maximum absolute atomic E-state index is 13.2. The van der Waals surface area contributed by atoms with E-state index in [1.54, 1.807) is 25.3 Å². The van der Waals surface area contributed by atoms with Gasteiger partial charge in [-0.25, -0.2) is 14.4 Å². The Labute approximate surface area is 153 Å². The van der Waals surface area contributed by atoms with Crippen LogP contribution in [0.5, 0.6) is 11.6 Å². The zero-order valence-electron chi connectivity index (χ0n) is 15.3. The molecule has 2 rings (SSSR count). The van der Waals surface area contributed by atoms with Crippen LogP contribution < -0.4 is 20.1 Å². The number of methoxy groups -OCH3 is 1. The summed E-state index contributed by atoms with van der Waals surface area (Å²) < 4.78 is 24.0. The molecule has 0 fully saturated rings. The highest BCUT2D eigenvalue weighted by molar-refractivity contribution is 5.79. The van der Waals surface area contributed by atoms with Crippen molar-refractivity contribution >= 4 is 5.96 Å². The first kappa shape index (κ1) is 19.5. The molecule has 1 heterocycles. The second-order valence-electron chi connectivity index (χ2n) is 5.63. The normalized spacial score (nSPS) is 12.4. The fourth-order valence-corrected chi connectivity index (χ4v) is 2.22. The van der Waals surface area contributed by atoms with Crippen LogP contribution in [0.2, 0.25) is 0 Å². The average Bonchev–Trinajstić information content (AvgIpc) is 2.64. The predicted octanol–water partition coefficient (Wildman–Crippen LogP) is 2.75. The van der Waals surface area contributed by atoms with Gasteiger partial charge >= 0.3 is 0 Å². The maximum Gasteiger partial charge on any atom is 0.213 e. The molecule has 1 atom stereocenters. The third-order valence-corrected chi connectivity index (χ3v) is 3.42. The summed E-state index contributed by atoms with van der Waals surface area (Å²) in [7, 11) is 1.58. The molecule has 0 bridgehead atoms. The number of hydrogen-bond acceptors (Lipinski definition) is 4. The standard InChI is InChI=1S/C19H25FN4O2/c1-4-21-19(23-13-16-8-6-10-18(24-16)25-3)22-12-14(2)26-17-9-5-7-15(20)11-17/h5-11,14H,4,12-13H2,1-3H3,(H2,21,22,23). The molecule has 0 aliphatic carbocycles. The highest BCUT2D eigenvalue weighted by Crippen LogP contribution is 2.13. The molecule has 0 amide bonds. The van der Waals surface area contributed by atoms with Gasteiger partial charge in [-0.05, 0) is 32.0 Å². The smallest absolute Gasteiger partial charge is 0.213 e. The Balaban J connectivity index is 1.89. The van der Waals surface area contributed by atoms with Gasteiger partial charge in [-0.1, -0.05) is 12.1 Å². The molecule has 26 heavy (non-hydrogen) atoms. The van der Waals surface area contributed by atoms with Crippen LogP contribution in [-0.4, -0.2) is 37.2 Å². The number of nitrogens with one attached hydrogen (secondary N) is 2. The van der Waals surface area contributed by atoms with Crippen molar-refractivity contribution in [2.75, 3.05) is 20.2 Å². The maximum atomic E-state index is 13.2. The van der Waals surface area contributed by atoms with E-state index in [4.69, 9.17) is 9.47 Å². The fourth-order valence-electron chi connectivity index (χ4n) is 2.22. The van der Waals surface area contributed by atoms with Gasteiger partial charge < -0.3 is 20.1 Å². The summed E-state index contributed by atoms with van der Waals surface area (Å²) in [5.74, 6) is 1.41. The minimum Gasteiger partial charge on any atom is -0.489 e. The second-order valence-corrected chi connectivity index (χ2v) is 5.63. The summed E-state index contributed by atoms with van der Waals surface area (Å²) in [4.78, 5) is 8.85. The number of halogens is 1. The summed E-state index contributed by atoms with van der Waals surface area (Å²) in [6.45, 7) is 5.58. The molecule has 0 aliphatic heterocycles. The van der Waals surface area contributed by atoms with E-state index in [0.717, 1.165) is 12.2 Å². The van der Waals surface area contributed by atoms with Crippen molar-refractivity contribution < 1.29 is 13.9 Å². The molecule has 0 radical (unpaired) electrons. The Morgan fingerprint density at radius 2 is 2.04 bits per heavy atom. The highest BCUT2D eigenvalue weighted by Gasteiger charge is 2.07. The number of aliphatic imine (C=N–C) groups is 1. The van der Waals surface area contributed by atoms with Crippen LogP contribution in [0, 0.1) is 5.82 Å². The molecular formula is C19H25FN4O2. The first-order valence-electron chi connectivity index (χ1n) is 8.55. The molecular weight excluding hydrogens is 335 g/mol. The van der Waals surface area contributed by atoms with Crippen molar-refractivity contribution in [1.29, 1.82) is 0 Å². The van der Waals surface area contributed by atoms with E-state index in [2.05, 4.69) is 20.6 Å². The van der Waals surface area contributed by atoms with E-state index in [-0.39, 0.29) is 11.9 Å². The van der Waals surface area contributed by atoms with Crippen molar-refractivity contribution in [1.82, 2.24) is 15.6 Å². The first-order valence-corrected chi connectivity index (χ1v) is 8.55. The molecule has 0 spiro atoms.